The molecule has 0 radical (unpaired) electrons. The van der Waals surface area contributed by atoms with Crippen LogP contribution in [0.5, 0.6) is 5.75 Å². The minimum atomic E-state index is -0.465. The zero-order chi connectivity index (χ0) is 14.4. The summed E-state index contributed by atoms with van der Waals surface area (Å²) in [5, 5.41) is 11.7. The number of benzene rings is 2. The third-order valence-corrected chi connectivity index (χ3v) is 2.91. The number of nitrogens with one attached hydrogen (secondary N) is 1. The highest BCUT2D eigenvalue weighted by Gasteiger charge is 2.04. The van der Waals surface area contributed by atoms with Gasteiger partial charge in [-0.15, -0.1) is 0 Å². The Morgan fingerprint density at radius 2 is 1.95 bits per heavy atom. The molecule has 0 bridgehead atoms. The van der Waals surface area contributed by atoms with E-state index in [0.29, 0.717) is 30.2 Å². The van der Waals surface area contributed by atoms with Crippen LogP contribution in [0.4, 0.5) is 10.1 Å². The summed E-state index contributed by atoms with van der Waals surface area (Å²) in [6.45, 7) is 0.815. The number of hydrogen-bond acceptors (Lipinski definition) is 3. The van der Waals surface area contributed by atoms with Gasteiger partial charge in [0.15, 0.2) is 5.82 Å². The van der Waals surface area contributed by atoms with Crippen LogP contribution in [0.15, 0.2) is 42.5 Å². The third-order valence-electron chi connectivity index (χ3n) is 2.62. The normalized spacial score (nSPS) is 9.85. The van der Waals surface area contributed by atoms with Crippen LogP contribution in [0, 0.1) is 17.1 Å². The van der Waals surface area contributed by atoms with E-state index in [1.54, 1.807) is 36.4 Å². The van der Waals surface area contributed by atoms with Gasteiger partial charge in [0.1, 0.15) is 12.4 Å². The van der Waals surface area contributed by atoms with E-state index < -0.39 is 5.82 Å². The minimum Gasteiger partial charge on any atom is -0.492 e. The number of nitrogens with zero attached hydrogens (tertiary/aromatic N) is 1. The SMILES string of the molecule is N#Cc1ccc(OCCNc2cccc(Cl)c2F)cc1. The van der Waals surface area contributed by atoms with Crippen molar-refractivity contribution in [2.24, 2.45) is 0 Å². The van der Waals surface area contributed by atoms with Gasteiger partial charge in [0.2, 0.25) is 0 Å². The molecule has 0 aliphatic rings. The van der Waals surface area contributed by atoms with E-state index in [1.165, 1.54) is 6.07 Å². The summed E-state index contributed by atoms with van der Waals surface area (Å²) in [7, 11) is 0. The lowest BCUT2D eigenvalue weighted by Crippen LogP contribution is -2.12. The highest BCUT2D eigenvalue weighted by atomic mass is 35.5. The van der Waals surface area contributed by atoms with Gasteiger partial charge >= 0.3 is 0 Å². The van der Waals surface area contributed by atoms with E-state index in [9.17, 15) is 4.39 Å². The first-order valence-electron chi connectivity index (χ1n) is 6.01. The number of halogens is 2. The molecule has 0 aliphatic carbocycles. The van der Waals surface area contributed by atoms with Crippen LogP contribution in [0.25, 0.3) is 0 Å². The molecule has 1 N–H and O–H groups in total. The Hall–Kier alpha value is -2.25. The largest absolute Gasteiger partial charge is 0.492 e. The maximum Gasteiger partial charge on any atom is 0.164 e. The maximum absolute atomic E-state index is 13.6. The Morgan fingerprint density at radius 3 is 2.65 bits per heavy atom. The van der Waals surface area contributed by atoms with E-state index in [-0.39, 0.29) is 5.02 Å². The second-order valence-electron chi connectivity index (χ2n) is 4.01. The van der Waals surface area contributed by atoms with Gasteiger partial charge in [0.25, 0.3) is 0 Å². The molecule has 2 aromatic rings. The summed E-state index contributed by atoms with van der Waals surface area (Å²) in [6, 6.07) is 13.6. The molecule has 2 rings (SSSR count). The smallest absolute Gasteiger partial charge is 0.164 e. The van der Waals surface area contributed by atoms with Crippen molar-refractivity contribution in [3.8, 4) is 11.8 Å². The van der Waals surface area contributed by atoms with Gasteiger partial charge in [-0.3, -0.25) is 0 Å². The highest BCUT2D eigenvalue weighted by Crippen LogP contribution is 2.21. The van der Waals surface area contributed by atoms with E-state index >= 15 is 0 Å². The summed E-state index contributed by atoms with van der Waals surface area (Å²) >= 11 is 5.68. The molecule has 0 atom stereocenters. The molecule has 2 aromatic carbocycles. The number of ether oxygens (including phenoxy) is 1. The Morgan fingerprint density at radius 1 is 1.20 bits per heavy atom. The lowest BCUT2D eigenvalue weighted by Gasteiger charge is -2.09. The third kappa shape index (κ3) is 3.62. The molecule has 0 unspecified atom stereocenters. The molecule has 0 aromatic heterocycles. The second kappa shape index (κ2) is 6.78. The molecule has 102 valence electrons. The quantitative estimate of drug-likeness (QED) is 0.851. The van der Waals surface area contributed by atoms with Crippen LogP contribution in [0.3, 0.4) is 0 Å². The van der Waals surface area contributed by atoms with Gasteiger partial charge in [-0.05, 0) is 36.4 Å². The first-order valence-corrected chi connectivity index (χ1v) is 6.39. The van der Waals surface area contributed by atoms with Gasteiger partial charge in [-0.25, -0.2) is 4.39 Å². The van der Waals surface area contributed by atoms with Crippen molar-refractivity contribution in [3.05, 3.63) is 58.9 Å². The van der Waals surface area contributed by atoms with Crippen LogP contribution in [-0.2, 0) is 0 Å². The standard InChI is InChI=1S/C15H12ClFN2O/c16-13-2-1-3-14(15(13)17)19-8-9-20-12-6-4-11(10-18)5-7-12/h1-7,19H,8-9H2. The lowest BCUT2D eigenvalue weighted by molar-refractivity contribution is 0.332. The molecule has 0 spiro atoms. The molecule has 0 fully saturated rings. The number of anilines is 1. The molecule has 0 saturated carbocycles. The maximum atomic E-state index is 13.6. The fourth-order valence-corrected chi connectivity index (χ4v) is 1.80. The fourth-order valence-electron chi connectivity index (χ4n) is 1.62. The van der Waals surface area contributed by atoms with Crippen LogP contribution in [-0.4, -0.2) is 13.2 Å². The molecule has 0 saturated heterocycles. The highest BCUT2D eigenvalue weighted by molar-refractivity contribution is 6.31. The summed E-state index contributed by atoms with van der Waals surface area (Å²) in [5.74, 6) is 0.199. The van der Waals surface area contributed by atoms with Crippen molar-refractivity contribution in [1.82, 2.24) is 0 Å². The Labute approximate surface area is 121 Å². The van der Waals surface area contributed by atoms with E-state index in [0.717, 1.165) is 0 Å². The molecule has 0 heterocycles. The molecule has 20 heavy (non-hydrogen) atoms. The Bertz CT molecular complexity index is 623. The predicted octanol–water partition coefficient (Wildman–Crippen LogP) is 3.84. The van der Waals surface area contributed by atoms with Crippen molar-refractivity contribution >= 4 is 17.3 Å². The molecular formula is C15H12ClFN2O. The molecule has 5 heteroatoms. The first kappa shape index (κ1) is 14.2. The zero-order valence-electron chi connectivity index (χ0n) is 10.6. The van der Waals surface area contributed by atoms with Crippen molar-refractivity contribution in [1.29, 1.82) is 5.26 Å². The molecule has 0 amide bonds. The van der Waals surface area contributed by atoms with Crippen molar-refractivity contribution in [2.75, 3.05) is 18.5 Å². The van der Waals surface area contributed by atoms with Gasteiger partial charge < -0.3 is 10.1 Å². The van der Waals surface area contributed by atoms with E-state index in [2.05, 4.69) is 5.32 Å². The average Bonchev–Trinajstić information content (AvgIpc) is 2.48. The van der Waals surface area contributed by atoms with Crippen LogP contribution < -0.4 is 10.1 Å². The molecule has 0 aliphatic heterocycles. The zero-order valence-corrected chi connectivity index (χ0v) is 11.3. The van der Waals surface area contributed by atoms with E-state index in [4.69, 9.17) is 21.6 Å². The van der Waals surface area contributed by atoms with E-state index in [1.807, 2.05) is 6.07 Å². The minimum absolute atomic E-state index is 0.0861. The summed E-state index contributed by atoms with van der Waals surface area (Å²) in [5.41, 5.74) is 0.928. The first-order chi connectivity index (χ1) is 9.70. The summed E-state index contributed by atoms with van der Waals surface area (Å²) in [6.07, 6.45) is 0. The summed E-state index contributed by atoms with van der Waals surface area (Å²) < 4.78 is 19.0. The lowest BCUT2D eigenvalue weighted by atomic mass is 10.2. The summed E-state index contributed by atoms with van der Waals surface area (Å²) in [4.78, 5) is 0. The number of hydrogen-bond donors (Lipinski definition) is 1. The topological polar surface area (TPSA) is 45.0 Å². The van der Waals surface area contributed by atoms with Crippen molar-refractivity contribution in [2.45, 2.75) is 0 Å². The van der Waals surface area contributed by atoms with Gasteiger partial charge in [0, 0.05) is 6.54 Å². The monoisotopic (exact) mass is 290 g/mol. The van der Waals surface area contributed by atoms with Crippen LogP contribution in [0.2, 0.25) is 5.02 Å². The Kier molecular flexibility index (Phi) is 4.80. The van der Waals surface area contributed by atoms with Crippen LogP contribution in [0.1, 0.15) is 5.56 Å². The van der Waals surface area contributed by atoms with Gasteiger partial charge in [-0.2, -0.15) is 5.26 Å². The Balaban J connectivity index is 1.81. The van der Waals surface area contributed by atoms with Crippen LogP contribution >= 0.6 is 11.6 Å². The predicted molar refractivity (Wildman–Crippen MR) is 76.6 cm³/mol. The van der Waals surface area contributed by atoms with Crippen molar-refractivity contribution < 1.29 is 9.13 Å². The molecule has 3 nitrogen and oxygen atoms in total. The van der Waals surface area contributed by atoms with Crippen molar-refractivity contribution in [3.63, 3.8) is 0 Å². The number of rotatable bonds is 5. The fraction of sp³-hybridized carbons (Fsp3) is 0.133. The van der Waals surface area contributed by atoms with Gasteiger partial charge in [0.05, 0.1) is 22.3 Å². The molecular weight excluding hydrogens is 279 g/mol. The second-order valence-corrected chi connectivity index (χ2v) is 4.42. The van der Waals surface area contributed by atoms with Gasteiger partial charge in [-0.1, -0.05) is 17.7 Å². The number of nitriles is 1. The average molecular weight is 291 g/mol.